The van der Waals surface area contributed by atoms with Crippen LogP contribution in [0.3, 0.4) is 0 Å². The lowest BCUT2D eigenvalue weighted by molar-refractivity contribution is 0.337. The van der Waals surface area contributed by atoms with Gasteiger partial charge < -0.3 is 5.32 Å². The number of nitrogens with one attached hydrogen (secondary N) is 1. The van der Waals surface area contributed by atoms with Gasteiger partial charge in [0.25, 0.3) is 0 Å². The molecule has 0 spiro atoms. The summed E-state index contributed by atoms with van der Waals surface area (Å²) in [5, 5.41) is 15.8. The van der Waals surface area contributed by atoms with E-state index >= 15 is 0 Å². The molecule has 1 heterocycles. The standard InChI is InChI=1S/C14H27N5/c1-10(2)9-15-11(3)13-16-17-18-19(13)12-6-7-14(4,5)8-12/h10-12,15H,6-9H2,1-5H3. The molecule has 2 atom stereocenters. The molecule has 1 fully saturated rings. The van der Waals surface area contributed by atoms with Gasteiger partial charge in [0.1, 0.15) is 0 Å². The van der Waals surface area contributed by atoms with E-state index in [0.29, 0.717) is 17.4 Å². The number of hydrogen-bond donors (Lipinski definition) is 1. The summed E-state index contributed by atoms with van der Waals surface area (Å²) in [5.74, 6) is 1.61. The monoisotopic (exact) mass is 265 g/mol. The SMILES string of the molecule is CC(C)CNC(C)c1nnnn1C1CCC(C)(C)C1. The first kappa shape index (κ1) is 14.4. The van der Waals surface area contributed by atoms with E-state index in [9.17, 15) is 0 Å². The van der Waals surface area contributed by atoms with Gasteiger partial charge in [-0.2, -0.15) is 0 Å². The Morgan fingerprint density at radius 1 is 1.37 bits per heavy atom. The van der Waals surface area contributed by atoms with Gasteiger partial charge in [0, 0.05) is 0 Å². The molecule has 5 heteroatoms. The van der Waals surface area contributed by atoms with E-state index in [1.165, 1.54) is 19.3 Å². The lowest BCUT2D eigenvalue weighted by Gasteiger charge is -2.20. The highest BCUT2D eigenvalue weighted by atomic mass is 15.6. The van der Waals surface area contributed by atoms with Gasteiger partial charge in [-0.05, 0) is 54.5 Å². The summed E-state index contributed by atoms with van der Waals surface area (Å²) < 4.78 is 2.05. The van der Waals surface area contributed by atoms with Crippen molar-refractivity contribution in [3.8, 4) is 0 Å². The van der Waals surface area contributed by atoms with Crippen molar-refractivity contribution in [2.24, 2.45) is 11.3 Å². The van der Waals surface area contributed by atoms with Crippen molar-refractivity contribution in [1.29, 1.82) is 0 Å². The third-order valence-electron chi connectivity index (χ3n) is 4.03. The second-order valence-electron chi connectivity index (χ2n) is 7.07. The van der Waals surface area contributed by atoms with Gasteiger partial charge in [0.2, 0.25) is 0 Å². The van der Waals surface area contributed by atoms with Crippen molar-refractivity contribution >= 4 is 0 Å². The minimum Gasteiger partial charge on any atom is -0.307 e. The van der Waals surface area contributed by atoms with Crippen molar-refractivity contribution < 1.29 is 0 Å². The van der Waals surface area contributed by atoms with Gasteiger partial charge in [-0.3, -0.25) is 0 Å². The van der Waals surface area contributed by atoms with Crippen molar-refractivity contribution in [3.63, 3.8) is 0 Å². The molecule has 0 bridgehead atoms. The van der Waals surface area contributed by atoms with Crippen LogP contribution in [0.25, 0.3) is 0 Å². The first-order chi connectivity index (χ1) is 8.89. The minimum absolute atomic E-state index is 0.209. The Balaban J connectivity index is 2.05. The molecule has 1 aromatic rings. The lowest BCUT2D eigenvalue weighted by Crippen LogP contribution is -2.27. The maximum absolute atomic E-state index is 4.23. The average molecular weight is 265 g/mol. The molecule has 2 rings (SSSR count). The second-order valence-corrected chi connectivity index (χ2v) is 7.07. The van der Waals surface area contributed by atoms with Gasteiger partial charge in [0.05, 0.1) is 12.1 Å². The zero-order valence-electron chi connectivity index (χ0n) is 12.8. The maximum Gasteiger partial charge on any atom is 0.168 e. The first-order valence-electron chi connectivity index (χ1n) is 7.40. The molecule has 5 nitrogen and oxygen atoms in total. The largest absolute Gasteiger partial charge is 0.307 e. The fraction of sp³-hybridized carbons (Fsp3) is 0.929. The highest BCUT2D eigenvalue weighted by molar-refractivity contribution is 4.95. The summed E-state index contributed by atoms with van der Waals surface area (Å²) in [7, 11) is 0. The zero-order chi connectivity index (χ0) is 14.0. The van der Waals surface area contributed by atoms with E-state index in [2.05, 4.69) is 55.5 Å². The molecule has 1 aliphatic rings. The summed E-state index contributed by atoms with van der Waals surface area (Å²) in [6.07, 6.45) is 3.61. The predicted molar refractivity (Wildman–Crippen MR) is 75.7 cm³/mol. The van der Waals surface area contributed by atoms with Crippen molar-refractivity contribution in [2.45, 2.75) is 66.0 Å². The third kappa shape index (κ3) is 3.53. The molecular formula is C14H27N5. The Labute approximate surface area is 116 Å². The van der Waals surface area contributed by atoms with Crippen LogP contribution in [-0.2, 0) is 0 Å². The minimum atomic E-state index is 0.209. The van der Waals surface area contributed by atoms with E-state index in [1.54, 1.807) is 0 Å². The first-order valence-corrected chi connectivity index (χ1v) is 7.40. The topological polar surface area (TPSA) is 55.6 Å². The molecule has 108 valence electrons. The smallest absolute Gasteiger partial charge is 0.168 e. The molecule has 0 aromatic carbocycles. The van der Waals surface area contributed by atoms with Gasteiger partial charge in [-0.15, -0.1) is 5.10 Å². The molecule has 19 heavy (non-hydrogen) atoms. The summed E-state index contributed by atoms with van der Waals surface area (Å²) in [4.78, 5) is 0. The summed E-state index contributed by atoms with van der Waals surface area (Å²) in [5.41, 5.74) is 0.419. The Morgan fingerprint density at radius 2 is 2.11 bits per heavy atom. The molecule has 2 unspecified atom stereocenters. The van der Waals surface area contributed by atoms with Crippen LogP contribution in [0.2, 0.25) is 0 Å². The van der Waals surface area contributed by atoms with Crippen LogP contribution in [0.1, 0.15) is 71.8 Å². The number of nitrogens with zero attached hydrogens (tertiary/aromatic N) is 4. The van der Waals surface area contributed by atoms with Crippen LogP contribution in [0.4, 0.5) is 0 Å². The molecular weight excluding hydrogens is 238 g/mol. The Kier molecular flexibility index (Phi) is 4.23. The van der Waals surface area contributed by atoms with Gasteiger partial charge in [0.15, 0.2) is 5.82 Å². The highest BCUT2D eigenvalue weighted by Gasteiger charge is 2.34. The van der Waals surface area contributed by atoms with E-state index in [0.717, 1.165) is 12.4 Å². The van der Waals surface area contributed by atoms with Crippen molar-refractivity contribution in [2.75, 3.05) is 6.54 Å². The zero-order valence-corrected chi connectivity index (χ0v) is 12.8. The third-order valence-corrected chi connectivity index (χ3v) is 4.03. The van der Waals surface area contributed by atoms with Crippen LogP contribution >= 0.6 is 0 Å². The average Bonchev–Trinajstić information content (AvgIpc) is 2.91. The van der Waals surface area contributed by atoms with Crippen molar-refractivity contribution in [3.05, 3.63) is 5.82 Å². The van der Waals surface area contributed by atoms with Crippen LogP contribution in [0, 0.1) is 11.3 Å². The Bertz CT molecular complexity index is 410. The molecule has 1 aliphatic carbocycles. The Hall–Kier alpha value is -0.970. The lowest BCUT2D eigenvalue weighted by atomic mass is 9.92. The normalized spacial score (nSPS) is 24.0. The van der Waals surface area contributed by atoms with Gasteiger partial charge in [-0.25, -0.2) is 4.68 Å². The van der Waals surface area contributed by atoms with Crippen LogP contribution in [-0.4, -0.2) is 26.8 Å². The number of hydrogen-bond acceptors (Lipinski definition) is 4. The van der Waals surface area contributed by atoms with E-state index in [4.69, 9.17) is 0 Å². The van der Waals surface area contributed by atoms with Gasteiger partial charge in [-0.1, -0.05) is 27.7 Å². The van der Waals surface area contributed by atoms with E-state index in [1.807, 2.05) is 4.68 Å². The molecule has 0 amide bonds. The van der Waals surface area contributed by atoms with Crippen LogP contribution < -0.4 is 5.32 Å². The molecule has 1 aromatic heterocycles. The summed E-state index contributed by atoms with van der Waals surface area (Å²) >= 11 is 0. The molecule has 0 saturated heterocycles. The van der Waals surface area contributed by atoms with E-state index in [-0.39, 0.29) is 6.04 Å². The number of aromatic nitrogens is 4. The summed E-state index contributed by atoms with van der Waals surface area (Å²) in [6, 6.07) is 0.671. The summed E-state index contributed by atoms with van der Waals surface area (Å²) in [6.45, 7) is 12.2. The molecule has 0 aliphatic heterocycles. The maximum atomic E-state index is 4.23. The molecule has 1 N–H and O–H groups in total. The fourth-order valence-electron chi connectivity index (χ4n) is 2.86. The fourth-order valence-corrected chi connectivity index (χ4v) is 2.86. The van der Waals surface area contributed by atoms with Crippen LogP contribution in [0.15, 0.2) is 0 Å². The Morgan fingerprint density at radius 3 is 2.68 bits per heavy atom. The second kappa shape index (κ2) is 5.57. The van der Waals surface area contributed by atoms with Crippen LogP contribution in [0.5, 0.6) is 0 Å². The number of rotatable bonds is 5. The van der Waals surface area contributed by atoms with Crippen molar-refractivity contribution in [1.82, 2.24) is 25.5 Å². The predicted octanol–water partition coefficient (Wildman–Crippen LogP) is 2.73. The molecule has 1 saturated carbocycles. The number of tetrazole rings is 1. The van der Waals surface area contributed by atoms with E-state index < -0.39 is 0 Å². The molecule has 0 radical (unpaired) electrons. The van der Waals surface area contributed by atoms with Gasteiger partial charge >= 0.3 is 0 Å². The quantitative estimate of drug-likeness (QED) is 0.889. The highest BCUT2D eigenvalue weighted by Crippen LogP contribution is 2.43.